The van der Waals surface area contributed by atoms with Gasteiger partial charge < -0.3 is 10.5 Å². The second-order valence-corrected chi connectivity index (χ2v) is 10.0. The van der Waals surface area contributed by atoms with Gasteiger partial charge in [-0.1, -0.05) is 0 Å². The van der Waals surface area contributed by atoms with Crippen molar-refractivity contribution in [2.75, 3.05) is 19.7 Å². The van der Waals surface area contributed by atoms with Gasteiger partial charge in [-0.05, 0) is 61.3 Å². The Labute approximate surface area is 157 Å². The Balaban J connectivity index is 1.62. The number of hydrogen-bond donors (Lipinski definition) is 1. The average molecular weight is 395 g/mol. The van der Waals surface area contributed by atoms with E-state index in [0.29, 0.717) is 30.5 Å². The molecule has 1 saturated heterocycles. The highest BCUT2D eigenvalue weighted by molar-refractivity contribution is 7.89. The van der Waals surface area contributed by atoms with E-state index in [4.69, 9.17) is 10.5 Å². The number of ether oxygens (including phenoxy) is 1. The molecule has 1 saturated carbocycles. The molecule has 3 atom stereocenters. The summed E-state index contributed by atoms with van der Waals surface area (Å²) in [4.78, 5) is 12.7. The smallest absolute Gasteiger partial charge is 0.348 e. The van der Waals surface area contributed by atoms with Gasteiger partial charge >= 0.3 is 5.97 Å². The molecule has 0 radical (unpaired) electrons. The van der Waals surface area contributed by atoms with Crippen LogP contribution in [0.4, 0.5) is 0 Å². The zero-order valence-corrected chi connectivity index (χ0v) is 16.2. The summed E-state index contributed by atoms with van der Waals surface area (Å²) in [7, 11) is -3.55. The van der Waals surface area contributed by atoms with E-state index in [1.165, 1.54) is 11.3 Å². The summed E-state index contributed by atoms with van der Waals surface area (Å²) >= 11 is 1.31. The van der Waals surface area contributed by atoms with Crippen LogP contribution in [0.5, 0.6) is 0 Å². The van der Waals surface area contributed by atoms with Crippen molar-refractivity contribution in [1.29, 1.82) is 0 Å². The Kier molecular flexibility index (Phi) is 4.54. The second-order valence-electron chi connectivity index (χ2n) is 7.02. The van der Waals surface area contributed by atoms with Gasteiger partial charge in [0.05, 0.1) is 11.5 Å². The van der Waals surface area contributed by atoms with E-state index in [1.807, 2.05) is 0 Å². The number of esters is 1. The van der Waals surface area contributed by atoms with Crippen molar-refractivity contribution in [2.24, 2.45) is 17.6 Å². The molecule has 2 N–H and O–H groups in total. The molecule has 6 nitrogen and oxygen atoms in total. The van der Waals surface area contributed by atoms with E-state index in [1.54, 1.807) is 35.5 Å². The van der Waals surface area contributed by atoms with E-state index in [-0.39, 0.29) is 22.8 Å². The van der Waals surface area contributed by atoms with Gasteiger partial charge in [-0.25, -0.2) is 13.2 Å². The second kappa shape index (κ2) is 6.60. The number of benzene rings is 1. The van der Waals surface area contributed by atoms with Crippen molar-refractivity contribution in [1.82, 2.24) is 4.31 Å². The lowest BCUT2D eigenvalue weighted by Gasteiger charge is -2.18. The molecule has 1 aliphatic heterocycles. The summed E-state index contributed by atoms with van der Waals surface area (Å²) in [6.07, 6.45) is 1.99. The van der Waals surface area contributed by atoms with E-state index in [2.05, 4.69) is 0 Å². The van der Waals surface area contributed by atoms with Gasteiger partial charge in [0.15, 0.2) is 0 Å². The Morgan fingerprint density at radius 2 is 2.12 bits per heavy atom. The number of carbonyl (C=O) groups excluding carboxylic acids is 1. The van der Waals surface area contributed by atoms with E-state index >= 15 is 0 Å². The highest BCUT2D eigenvalue weighted by atomic mass is 32.2. The number of fused-ring (bicyclic) bond motifs is 2. The molecule has 2 aromatic rings. The number of rotatable bonds is 4. The third kappa shape index (κ3) is 2.94. The number of sulfonamides is 1. The first-order valence-corrected chi connectivity index (χ1v) is 11.1. The topological polar surface area (TPSA) is 89.7 Å². The Hall–Kier alpha value is -1.48. The maximum atomic E-state index is 13.1. The number of nitrogens with zero attached hydrogens (tertiary/aromatic N) is 1. The third-order valence-electron chi connectivity index (χ3n) is 5.48. The van der Waals surface area contributed by atoms with Crippen LogP contribution in [0.2, 0.25) is 0 Å². The van der Waals surface area contributed by atoms with Crippen LogP contribution < -0.4 is 5.73 Å². The first-order chi connectivity index (χ1) is 12.4. The highest BCUT2D eigenvalue weighted by Crippen LogP contribution is 2.39. The maximum Gasteiger partial charge on any atom is 0.348 e. The molecule has 26 heavy (non-hydrogen) atoms. The summed E-state index contributed by atoms with van der Waals surface area (Å²) < 4.78 is 33.6. The van der Waals surface area contributed by atoms with Gasteiger partial charge in [-0.15, -0.1) is 11.3 Å². The van der Waals surface area contributed by atoms with Gasteiger partial charge in [0.2, 0.25) is 10.0 Å². The summed E-state index contributed by atoms with van der Waals surface area (Å²) in [6.45, 7) is 3.12. The van der Waals surface area contributed by atoms with Gasteiger partial charge in [-0.3, -0.25) is 0 Å². The van der Waals surface area contributed by atoms with Crippen molar-refractivity contribution in [3.63, 3.8) is 0 Å². The SMILES string of the molecule is CCOC(=O)c1cc2cc(S(=O)(=O)N3CC4CCC(N)C4C3)ccc2s1. The van der Waals surface area contributed by atoms with Gasteiger partial charge in [0.1, 0.15) is 4.88 Å². The van der Waals surface area contributed by atoms with Crippen LogP contribution in [0, 0.1) is 11.8 Å². The fourth-order valence-corrected chi connectivity index (χ4v) is 6.60. The zero-order chi connectivity index (χ0) is 18.5. The molecule has 0 amide bonds. The Morgan fingerprint density at radius 1 is 1.31 bits per heavy atom. The van der Waals surface area contributed by atoms with Gasteiger partial charge in [0, 0.05) is 23.8 Å². The fourth-order valence-electron chi connectivity index (χ4n) is 4.10. The van der Waals surface area contributed by atoms with Crippen molar-refractivity contribution < 1.29 is 17.9 Å². The summed E-state index contributed by atoms with van der Waals surface area (Å²) in [5, 5.41) is 0.746. The predicted molar refractivity (Wildman–Crippen MR) is 101 cm³/mol. The lowest BCUT2D eigenvalue weighted by Crippen LogP contribution is -2.33. The van der Waals surface area contributed by atoms with Crippen LogP contribution in [-0.4, -0.2) is 44.4 Å². The summed E-state index contributed by atoms with van der Waals surface area (Å²) in [5.74, 6) is 0.268. The fraction of sp³-hybridized carbons (Fsp3) is 0.500. The lowest BCUT2D eigenvalue weighted by atomic mass is 9.98. The average Bonchev–Trinajstić information content (AvgIpc) is 3.30. The number of nitrogens with two attached hydrogens (primary N) is 1. The van der Waals surface area contributed by atoms with Crippen molar-refractivity contribution in [3.05, 3.63) is 29.1 Å². The lowest BCUT2D eigenvalue weighted by molar-refractivity contribution is 0.0532. The van der Waals surface area contributed by atoms with E-state index in [0.717, 1.165) is 22.9 Å². The Morgan fingerprint density at radius 3 is 2.85 bits per heavy atom. The molecule has 4 rings (SSSR count). The minimum atomic E-state index is -3.55. The molecule has 1 aromatic heterocycles. The quantitative estimate of drug-likeness (QED) is 0.805. The van der Waals surface area contributed by atoms with E-state index in [9.17, 15) is 13.2 Å². The first kappa shape index (κ1) is 17.9. The van der Waals surface area contributed by atoms with Crippen molar-refractivity contribution >= 4 is 37.4 Å². The van der Waals surface area contributed by atoms with Crippen LogP contribution in [0.15, 0.2) is 29.2 Å². The summed E-state index contributed by atoms with van der Waals surface area (Å²) in [6, 6.07) is 6.84. The number of carbonyl (C=O) groups is 1. The number of hydrogen-bond acceptors (Lipinski definition) is 6. The largest absolute Gasteiger partial charge is 0.462 e. The summed E-state index contributed by atoms with van der Waals surface area (Å²) in [5.41, 5.74) is 6.13. The molecular formula is C18H22N2O4S2. The van der Waals surface area contributed by atoms with Gasteiger partial charge in [0.25, 0.3) is 0 Å². The van der Waals surface area contributed by atoms with Crippen LogP contribution in [-0.2, 0) is 14.8 Å². The molecule has 0 spiro atoms. The molecule has 0 bridgehead atoms. The standard InChI is InChI=1S/C18H22N2O4S2/c1-2-24-18(21)17-8-12-7-13(4-6-16(12)25-17)26(22,23)20-9-11-3-5-15(19)14(11)10-20/h4,6-8,11,14-15H,2-3,5,9-10,19H2,1H3. The normalized spacial score (nSPS) is 26.3. The molecule has 2 heterocycles. The molecular weight excluding hydrogens is 372 g/mol. The molecule has 140 valence electrons. The van der Waals surface area contributed by atoms with Crippen LogP contribution in [0.3, 0.4) is 0 Å². The molecule has 1 aromatic carbocycles. The first-order valence-electron chi connectivity index (χ1n) is 8.86. The predicted octanol–water partition coefficient (Wildman–Crippen LogP) is 2.44. The van der Waals surface area contributed by atoms with Gasteiger partial charge in [-0.2, -0.15) is 4.31 Å². The minimum Gasteiger partial charge on any atom is -0.462 e. The molecule has 2 aliphatic rings. The minimum absolute atomic E-state index is 0.103. The zero-order valence-electron chi connectivity index (χ0n) is 14.6. The van der Waals surface area contributed by atoms with Crippen molar-refractivity contribution in [3.8, 4) is 0 Å². The molecule has 1 aliphatic carbocycles. The number of thiophene rings is 1. The monoisotopic (exact) mass is 394 g/mol. The Bertz CT molecular complexity index is 953. The van der Waals surface area contributed by atoms with E-state index < -0.39 is 10.0 Å². The van der Waals surface area contributed by atoms with Crippen LogP contribution in [0.25, 0.3) is 10.1 Å². The molecule has 2 fully saturated rings. The van der Waals surface area contributed by atoms with Crippen molar-refractivity contribution in [2.45, 2.75) is 30.7 Å². The maximum absolute atomic E-state index is 13.1. The van der Waals surface area contributed by atoms with Crippen LogP contribution in [0.1, 0.15) is 29.4 Å². The highest BCUT2D eigenvalue weighted by Gasteiger charge is 2.45. The molecule has 8 heteroatoms. The third-order valence-corrected chi connectivity index (χ3v) is 8.40. The molecule has 3 unspecified atom stereocenters. The van der Waals surface area contributed by atoms with Crippen LogP contribution >= 0.6 is 11.3 Å².